The van der Waals surface area contributed by atoms with Gasteiger partial charge >= 0.3 is 0 Å². The molecule has 57 heavy (non-hydrogen) atoms. The summed E-state index contributed by atoms with van der Waals surface area (Å²) in [7, 11) is -20.5. The number of rotatable bonds is 11. The Balaban J connectivity index is 1.61. The molecule has 0 saturated carbocycles. The number of nitrogens with zero attached hydrogens (tertiary/aromatic N) is 7. The number of fused-ring (bicyclic) bond motifs is 1. The topological polar surface area (TPSA) is 381 Å². The van der Waals surface area contributed by atoms with E-state index in [4.69, 9.17) is 5.73 Å². The number of nitrogen functional groups attached to an aromatic ring is 1. The highest BCUT2D eigenvalue weighted by atomic mass is 32.2. The van der Waals surface area contributed by atoms with Gasteiger partial charge in [0.1, 0.15) is 31.7 Å². The van der Waals surface area contributed by atoms with Gasteiger partial charge in [0.05, 0.1) is 32.3 Å². The van der Waals surface area contributed by atoms with Crippen LogP contribution in [-0.4, -0.2) is 61.9 Å². The van der Waals surface area contributed by atoms with E-state index in [-0.39, 0.29) is 11.4 Å². The van der Waals surface area contributed by atoms with Crippen LogP contribution in [0.15, 0.2) is 117 Å². The van der Waals surface area contributed by atoms with Crippen molar-refractivity contribution in [3.05, 3.63) is 88.0 Å². The minimum Gasteiger partial charge on any atom is -0.505 e. The van der Waals surface area contributed by atoms with E-state index >= 15 is 0 Å². The Morgan fingerprint density at radius 3 is 1.74 bits per heavy atom. The summed E-state index contributed by atoms with van der Waals surface area (Å²) in [5.74, 6) is -1.20. The number of azo groups is 3. The first kappa shape index (κ1) is 42.0. The van der Waals surface area contributed by atoms with Crippen LogP contribution >= 0.6 is 0 Å². The van der Waals surface area contributed by atoms with Crippen LogP contribution in [0.2, 0.25) is 0 Å². The second-order valence-corrected chi connectivity index (χ2v) is 17.2. The highest BCUT2D eigenvalue weighted by Crippen LogP contribution is 2.48. The molecule has 0 heterocycles. The zero-order chi connectivity index (χ0) is 42.4. The molecular weight excluding hydrogens is 841 g/mol. The number of nitro benzene ring substituents is 1. The lowest BCUT2D eigenvalue weighted by molar-refractivity contribution is -0.384. The van der Waals surface area contributed by atoms with Gasteiger partial charge in [-0.25, -0.2) is 0 Å². The minimum atomic E-state index is -5.35. The first-order valence-corrected chi connectivity index (χ1v) is 20.8. The normalized spacial score (nSPS) is 13.0. The lowest BCUT2D eigenvalue weighted by Gasteiger charge is -2.14. The smallest absolute Gasteiger partial charge is 0.296 e. The monoisotopic (exact) mass is 864 g/mol. The third-order valence-electron chi connectivity index (χ3n) is 7.69. The van der Waals surface area contributed by atoms with Crippen LogP contribution in [0.3, 0.4) is 0 Å². The van der Waals surface area contributed by atoms with Crippen LogP contribution in [-0.2, 0) is 40.5 Å². The number of aromatic hydroxyl groups is 1. The SMILES string of the molecule is Cc1ccc(N=Nc2c(S(=O)(=O)O)cc3c(S(=O)(=O)O)cc(N=Nc4ccc(N=Nc5ccc(S(=O)(=O)O)cc5S(=O)(=O)O)c(C)c4)c(N)c3c2O)c([N+](=O)[O-])c1. The highest BCUT2D eigenvalue weighted by molar-refractivity contribution is 7.87. The van der Waals surface area contributed by atoms with Gasteiger partial charge < -0.3 is 10.8 Å². The number of phenolic OH excluding ortho intramolecular Hbond substituents is 1. The molecule has 0 aliphatic heterocycles. The molecule has 0 aliphatic rings. The Labute approximate surface area is 321 Å². The van der Waals surface area contributed by atoms with Gasteiger partial charge in [0, 0.05) is 11.5 Å². The summed E-state index contributed by atoms with van der Waals surface area (Å²) < 4.78 is 135. The van der Waals surface area contributed by atoms with E-state index in [1.165, 1.54) is 31.2 Å². The average Bonchev–Trinajstić information content (AvgIpc) is 3.08. The van der Waals surface area contributed by atoms with Gasteiger partial charge in [-0.3, -0.25) is 28.3 Å². The quantitative estimate of drug-likeness (QED) is 0.0259. The number of nitrogens with two attached hydrogens (primary N) is 1. The summed E-state index contributed by atoms with van der Waals surface area (Å²) in [6, 6.07) is 11.0. The number of hydrogen-bond donors (Lipinski definition) is 6. The zero-order valence-electron chi connectivity index (χ0n) is 28.5. The van der Waals surface area contributed by atoms with Gasteiger partial charge in [0.15, 0.2) is 11.4 Å². The first-order chi connectivity index (χ1) is 26.3. The molecule has 7 N–H and O–H groups in total. The van der Waals surface area contributed by atoms with E-state index in [0.717, 1.165) is 24.3 Å². The number of phenols is 1. The minimum absolute atomic E-state index is 0.0376. The summed E-state index contributed by atoms with van der Waals surface area (Å²) in [6.45, 7) is 3.03. The highest BCUT2D eigenvalue weighted by Gasteiger charge is 2.29. The molecule has 5 rings (SSSR count). The van der Waals surface area contributed by atoms with Gasteiger partial charge in [-0.1, -0.05) is 6.07 Å². The fourth-order valence-electron chi connectivity index (χ4n) is 5.04. The maximum absolute atomic E-state index is 12.5. The van der Waals surface area contributed by atoms with Crippen molar-refractivity contribution >= 4 is 96.7 Å². The Bertz CT molecular complexity index is 3100. The van der Waals surface area contributed by atoms with Crippen LogP contribution < -0.4 is 5.73 Å². The molecule has 0 amide bonds. The van der Waals surface area contributed by atoms with Gasteiger partial charge in [0.25, 0.3) is 46.2 Å². The third-order valence-corrected chi connectivity index (χ3v) is 11.2. The summed E-state index contributed by atoms with van der Waals surface area (Å²) in [6.07, 6.45) is 0. The van der Waals surface area contributed by atoms with E-state index < -0.39 is 116 Å². The maximum Gasteiger partial charge on any atom is 0.296 e. The van der Waals surface area contributed by atoms with Crippen LogP contribution in [0, 0.1) is 24.0 Å². The Morgan fingerprint density at radius 1 is 0.596 bits per heavy atom. The fourth-order valence-corrected chi connectivity index (χ4v) is 7.62. The molecule has 0 atom stereocenters. The number of aryl methyl sites for hydroxylation is 2. The van der Waals surface area contributed by atoms with E-state index in [1.807, 2.05) is 0 Å². The molecule has 0 bridgehead atoms. The second-order valence-electron chi connectivity index (χ2n) is 11.7. The predicted octanol–water partition coefficient (Wildman–Crippen LogP) is 6.89. The second kappa shape index (κ2) is 15.0. The maximum atomic E-state index is 12.5. The molecule has 27 heteroatoms. The molecule has 5 aromatic rings. The fraction of sp³-hybridized carbons (Fsp3) is 0.0667. The molecule has 0 aliphatic carbocycles. The van der Waals surface area contributed by atoms with Crippen molar-refractivity contribution in [2.75, 3.05) is 5.73 Å². The molecular formula is C30H24N8O15S4. The lowest BCUT2D eigenvalue weighted by Crippen LogP contribution is -2.04. The van der Waals surface area contributed by atoms with Crippen LogP contribution in [0.1, 0.15) is 11.1 Å². The number of nitro groups is 1. The number of anilines is 1. The van der Waals surface area contributed by atoms with E-state index in [0.29, 0.717) is 29.3 Å². The summed E-state index contributed by atoms with van der Waals surface area (Å²) in [5.41, 5.74) is 3.56. The Hall–Kier alpha value is -6.20. The molecule has 298 valence electrons. The van der Waals surface area contributed by atoms with E-state index in [9.17, 15) is 67.1 Å². The summed E-state index contributed by atoms with van der Waals surface area (Å²) in [4.78, 5) is 6.66. The van der Waals surface area contributed by atoms with Gasteiger partial charge in [-0.2, -0.15) is 43.9 Å². The molecule has 23 nitrogen and oxygen atoms in total. The van der Waals surface area contributed by atoms with Crippen LogP contribution in [0.5, 0.6) is 5.75 Å². The summed E-state index contributed by atoms with van der Waals surface area (Å²) in [5, 5.41) is 44.3. The lowest BCUT2D eigenvalue weighted by atomic mass is 10.0. The third kappa shape index (κ3) is 9.10. The molecule has 0 unspecified atom stereocenters. The Kier molecular flexibility index (Phi) is 11.1. The molecule has 0 saturated heterocycles. The van der Waals surface area contributed by atoms with Crippen molar-refractivity contribution in [2.24, 2.45) is 30.7 Å². The van der Waals surface area contributed by atoms with Crippen molar-refractivity contribution in [1.82, 2.24) is 0 Å². The predicted molar refractivity (Wildman–Crippen MR) is 197 cm³/mol. The van der Waals surface area contributed by atoms with Crippen molar-refractivity contribution in [3.8, 4) is 5.75 Å². The number of benzene rings is 5. The van der Waals surface area contributed by atoms with E-state index in [1.54, 1.807) is 6.92 Å². The van der Waals surface area contributed by atoms with Crippen molar-refractivity contribution in [3.63, 3.8) is 0 Å². The standard InChI is InChI=1S/C30H24N8O15S4/c1-14-3-6-20(23(9-14)38(40)41)34-37-29-26(57(51,52)53)12-18-24(55(45,46)47)13-22(28(31)27(18)30(29)39)36-32-16-4-7-19(15(2)10-16)33-35-21-8-5-17(54(42,43)44)11-25(21)56(48,49)50/h3-13,39H,31H2,1-2H3,(H,42,43,44)(H,45,46,47)(H,48,49,50)(H,51,52,53). The first-order valence-electron chi connectivity index (χ1n) is 15.0. The molecule has 0 fully saturated rings. The largest absolute Gasteiger partial charge is 0.505 e. The number of hydrogen-bond acceptors (Lipinski definition) is 18. The molecule has 5 aromatic carbocycles. The van der Waals surface area contributed by atoms with E-state index in [2.05, 4.69) is 30.7 Å². The molecule has 0 spiro atoms. The van der Waals surface area contributed by atoms with Crippen molar-refractivity contribution < 1.29 is 61.9 Å². The van der Waals surface area contributed by atoms with Gasteiger partial charge in [0.2, 0.25) is 0 Å². The van der Waals surface area contributed by atoms with Crippen molar-refractivity contribution in [2.45, 2.75) is 33.4 Å². The van der Waals surface area contributed by atoms with Crippen LogP contribution in [0.25, 0.3) is 10.8 Å². The Morgan fingerprint density at radius 2 is 1.16 bits per heavy atom. The zero-order valence-corrected chi connectivity index (χ0v) is 31.8. The van der Waals surface area contributed by atoms with Crippen LogP contribution in [0.4, 0.5) is 45.5 Å². The molecule has 0 radical (unpaired) electrons. The average molecular weight is 865 g/mol. The van der Waals surface area contributed by atoms with Gasteiger partial charge in [-0.05, 0) is 79.6 Å². The summed E-state index contributed by atoms with van der Waals surface area (Å²) >= 11 is 0. The van der Waals surface area contributed by atoms with Gasteiger partial charge in [-0.15, -0.1) is 20.5 Å². The molecule has 0 aromatic heterocycles. The van der Waals surface area contributed by atoms with Crippen molar-refractivity contribution in [1.29, 1.82) is 0 Å².